The number of aromatic nitrogens is 2. The quantitative estimate of drug-likeness (QED) is 0.888. The molecule has 2 heterocycles. The average molecular weight is 237 g/mol. The predicted octanol–water partition coefficient (Wildman–Crippen LogP) is 2.64. The number of halogens is 1. The minimum absolute atomic E-state index is 0.318. The third-order valence-electron chi connectivity index (χ3n) is 2.04. The molecule has 0 aromatic carbocycles. The van der Waals surface area contributed by atoms with Crippen molar-refractivity contribution in [3.63, 3.8) is 0 Å². The Hall–Kier alpha value is -1.49. The van der Waals surface area contributed by atoms with Crippen molar-refractivity contribution in [3.8, 4) is 0 Å². The molecule has 0 amide bonds. The second-order valence-electron chi connectivity index (χ2n) is 3.42. The topological polar surface area (TPSA) is 37.8 Å². The van der Waals surface area contributed by atoms with Gasteiger partial charge in [0.2, 0.25) is 0 Å². The van der Waals surface area contributed by atoms with E-state index in [1.807, 2.05) is 12.3 Å². The van der Waals surface area contributed by atoms with Gasteiger partial charge in [-0.3, -0.25) is 0 Å². The van der Waals surface area contributed by atoms with E-state index >= 15 is 0 Å². The Morgan fingerprint density at radius 1 is 1.44 bits per heavy atom. The van der Waals surface area contributed by atoms with E-state index in [0.29, 0.717) is 5.82 Å². The first-order valence-electron chi connectivity index (χ1n) is 5.00. The number of hydrogen-bond acceptors (Lipinski definition) is 4. The number of anilines is 1. The standard InChI is InChI=1S/C11H12FN3S/c1-8-7-16-11(15-8)4-5-13-10-3-2-9(12)6-14-10/h2-3,6-7H,4-5H2,1H3,(H,13,14). The number of thiazole rings is 1. The Morgan fingerprint density at radius 2 is 2.31 bits per heavy atom. The fourth-order valence-electron chi connectivity index (χ4n) is 1.30. The highest BCUT2D eigenvalue weighted by Gasteiger charge is 1.99. The maximum Gasteiger partial charge on any atom is 0.141 e. The van der Waals surface area contributed by atoms with Crippen LogP contribution in [0.1, 0.15) is 10.7 Å². The van der Waals surface area contributed by atoms with Crippen molar-refractivity contribution in [1.82, 2.24) is 9.97 Å². The Kier molecular flexibility index (Phi) is 3.46. The fraction of sp³-hybridized carbons (Fsp3) is 0.273. The molecular formula is C11H12FN3S. The molecule has 0 fully saturated rings. The Morgan fingerprint density at radius 3 is 2.94 bits per heavy atom. The fourth-order valence-corrected chi connectivity index (χ4v) is 2.07. The molecule has 0 spiro atoms. The zero-order chi connectivity index (χ0) is 11.4. The van der Waals surface area contributed by atoms with Crippen molar-refractivity contribution >= 4 is 17.2 Å². The van der Waals surface area contributed by atoms with Gasteiger partial charge >= 0.3 is 0 Å². The van der Waals surface area contributed by atoms with Crippen molar-refractivity contribution in [2.24, 2.45) is 0 Å². The van der Waals surface area contributed by atoms with E-state index in [9.17, 15) is 4.39 Å². The molecule has 2 aromatic rings. The smallest absolute Gasteiger partial charge is 0.141 e. The van der Waals surface area contributed by atoms with Crippen molar-refractivity contribution < 1.29 is 4.39 Å². The lowest BCUT2D eigenvalue weighted by Crippen LogP contribution is -2.06. The molecule has 0 aliphatic rings. The van der Waals surface area contributed by atoms with Crippen LogP contribution in [0.2, 0.25) is 0 Å². The molecule has 2 aromatic heterocycles. The van der Waals surface area contributed by atoms with Crippen molar-refractivity contribution in [3.05, 3.63) is 40.2 Å². The molecule has 0 bridgehead atoms. The van der Waals surface area contributed by atoms with Crippen LogP contribution >= 0.6 is 11.3 Å². The Labute approximate surface area is 97.4 Å². The summed E-state index contributed by atoms with van der Waals surface area (Å²) in [7, 11) is 0. The van der Waals surface area contributed by atoms with E-state index in [0.717, 1.165) is 23.7 Å². The van der Waals surface area contributed by atoms with Gasteiger partial charge in [0.25, 0.3) is 0 Å². The number of hydrogen-bond donors (Lipinski definition) is 1. The number of aryl methyl sites for hydroxylation is 1. The summed E-state index contributed by atoms with van der Waals surface area (Å²) in [5.74, 6) is 0.371. The highest BCUT2D eigenvalue weighted by atomic mass is 32.1. The van der Waals surface area contributed by atoms with E-state index in [1.54, 1.807) is 17.4 Å². The lowest BCUT2D eigenvalue weighted by molar-refractivity contribution is 0.621. The largest absolute Gasteiger partial charge is 0.370 e. The van der Waals surface area contributed by atoms with Gasteiger partial charge in [-0.1, -0.05) is 0 Å². The van der Waals surface area contributed by atoms with Gasteiger partial charge in [-0.05, 0) is 19.1 Å². The molecular weight excluding hydrogens is 225 g/mol. The molecule has 1 N–H and O–H groups in total. The zero-order valence-electron chi connectivity index (χ0n) is 8.90. The van der Waals surface area contributed by atoms with Crippen LogP contribution in [-0.2, 0) is 6.42 Å². The lowest BCUT2D eigenvalue weighted by Gasteiger charge is -2.03. The van der Waals surface area contributed by atoms with Crippen LogP contribution < -0.4 is 5.32 Å². The maximum absolute atomic E-state index is 12.6. The van der Waals surface area contributed by atoms with Crippen LogP contribution in [0.4, 0.5) is 10.2 Å². The molecule has 0 aliphatic heterocycles. The molecule has 5 heteroatoms. The SMILES string of the molecule is Cc1csc(CCNc2ccc(F)cn2)n1. The summed E-state index contributed by atoms with van der Waals surface area (Å²) in [6.07, 6.45) is 2.06. The number of nitrogens with one attached hydrogen (secondary N) is 1. The van der Waals surface area contributed by atoms with E-state index in [1.165, 1.54) is 12.3 Å². The normalized spacial score (nSPS) is 10.4. The summed E-state index contributed by atoms with van der Waals surface area (Å²) < 4.78 is 12.6. The van der Waals surface area contributed by atoms with Crippen LogP contribution in [-0.4, -0.2) is 16.5 Å². The number of nitrogens with zero attached hydrogens (tertiary/aromatic N) is 2. The highest BCUT2D eigenvalue weighted by Crippen LogP contribution is 2.09. The molecule has 16 heavy (non-hydrogen) atoms. The summed E-state index contributed by atoms with van der Waals surface area (Å²) in [6.45, 7) is 2.74. The van der Waals surface area contributed by atoms with Crippen LogP contribution in [0.15, 0.2) is 23.7 Å². The van der Waals surface area contributed by atoms with Crippen molar-refractivity contribution in [2.75, 3.05) is 11.9 Å². The van der Waals surface area contributed by atoms with Gasteiger partial charge in [0.1, 0.15) is 11.6 Å². The van der Waals surface area contributed by atoms with Crippen LogP contribution in [0.5, 0.6) is 0 Å². The summed E-state index contributed by atoms with van der Waals surface area (Å²) >= 11 is 1.66. The Balaban J connectivity index is 1.82. The van der Waals surface area contributed by atoms with Gasteiger partial charge in [0.15, 0.2) is 0 Å². The number of pyridine rings is 1. The molecule has 3 nitrogen and oxygen atoms in total. The first-order chi connectivity index (χ1) is 7.74. The summed E-state index contributed by atoms with van der Waals surface area (Å²) in [5.41, 5.74) is 1.06. The summed E-state index contributed by atoms with van der Waals surface area (Å²) in [6, 6.07) is 3.02. The highest BCUT2D eigenvalue weighted by molar-refractivity contribution is 7.09. The number of rotatable bonds is 4. The van der Waals surface area contributed by atoms with Gasteiger partial charge < -0.3 is 5.32 Å². The summed E-state index contributed by atoms with van der Waals surface area (Å²) in [5, 5.41) is 6.26. The maximum atomic E-state index is 12.6. The molecule has 0 unspecified atom stereocenters. The molecule has 0 saturated carbocycles. The molecule has 0 radical (unpaired) electrons. The van der Waals surface area contributed by atoms with Crippen molar-refractivity contribution in [2.45, 2.75) is 13.3 Å². The molecule has 84 valence electrons. The van der Waals surface area contributed by atoms with Gasteiger partial charge in [-0.25, -0.2) is 14.4 Å². The monoisotopic (exact) mass is 237 g/mol. The van der Waals surface area contributed by atoms with E-state index in [4.69, 9.17) is 0 Å². The van der Waals surface area contributed by atoms with E-state index < -0.39 is 0 Å². The van der Waals surface area contributed by atoms with Crippen molar-refractivity contribution in [1.29, 1.82) is 0 Å². The summed E-state index contributed by atoms with van der Waals surface area (Å²) in [4.78, 5) is 8.27. The van der Waals surface area contributed by atoms with Gasteiger partial charge in [0, 0.05) is 24.0 Å². The second kappa shape index (κ2) is 5.03. The van der Waals surface area contributed by atoms with Gasteiger partial charge in [-0.15, -0.1) is 11.3 Å². The average Bonchev–Trinajstić information content (AvgIpc) is 2.67. The van der Waals surface area contributed by atoms with Crippen LogP contribution in [0, 0.1) is 12.7 Å². The third-order valence-corrected chi connectivity index (χ3v) is 3.07. The first kappa shape index (κ1) is 11.0. The molecule has 0 aliphatic carbocycles. The molecule has 0 saturated heterocycles. The van der Waals surface area contributed by atoms with Crippen LogP contribution in [0.25, 0.3) is 0 Å². The molecule has 2 rings (SSSR count). The lowest BCUT2D eigenvalue weighted by atomic mass is 10.4. The zero-order valence-corrected chi connectivity index (χ0v) is 9.72. The minimum atomic E-state index is -0.318. The third kappa shape index (κ3) is 3.00. The molecule has 0 atom stereocenters. The van der Waals surface area contributed by atoms with Crippen LogP contribution in [0.3, 0.4) is 0 Å². The predicted molar refractivity (Wildman–Crippen MR) is 63.2 cm³/mol. The van der Waals surface area contributed by atoms with E-state index in [2.05, 4.69) is 15.3 Å². The van der Waals surface area contributed by atoms with E-state index in [-0.39, 0.29) is 5.82 Å². The first-order valence-corrected chi connectivity index (χ1v) is 5.88. The van der Waals surface area contributed by atoms with Gasteiger partial charge in [0.05, 0.1) is 11.2 Å². The van der Waals surface area contributed by atoms with Gasteiger partial charge in [-0.2, -0.15) is 0 Å². The Bertz CT molecular complexity index is 453. The second-order valence-corrected chi connectivity index (χ2v) is 4.36. The minimum Gasteiger partial charge on any atom is -0.370 e.